The van der Waals surface area contributed by atoms with Gasteiger partial charge in [-0.25, -0.2) is 0 Å². The lowest BCUT2D eigenvalue weighted by molar-refractivity contribution is 1.07. The highest BCUT2D eigenvalue weighted by Crippen LogP contribution is 2.17. The van der Waals surface area contributed by atoms with Gasteiger partial charge in [-0.2, -0.15) is 0 Å². The van der Waals surface area contributed by atoms with Gasteiger partial charge in [-0.05, 0) is 29.7 Å². The quantitative estimate of drug-likeness (QED) is 0.740. The van der Waals surface area contributed by atoms with Crippen molar-refractivity contribution in [1.29, 1.82) is 0 Å². The third-order valence-electron chi connectivity index (χ3n) is 2.14. The summed E-state index contributed by atoms with van der Waals surface area (Å²) >= 11 is 0. The summed E-state index contributed by atoms with van der Waals surface area (Å²) in [7, 11) is 0. The van der Waals surface area contributed by atoms with Crippen molar-refractivity contribution in [3.63, 3.8) is 0 Å². The number of rotatable bonds is 4. The second kappa shape index (κ2) is 5.99. The molecule has 1 aromatic rings. The first-order valence-electron chi connectivity index (χ1n) is 5.06. The Morgan fingerprint density at radius 2 is 2.27 bits per heavy atom. The molecule has 0 fully saturated rings. The molecule has 0 unspecified atom stereocenters. The van der Waals surface area contributed by atoms with Gasteiger partial charge in [-0.3, -0.25) is 0 Å². The van der Waals surface area contributed by atoms with Gasteiger partial charge in [0.25, 0.3) is 0 Å². The number of nitrogens with two attached hydrogens (primary N) is 1. The minimum atomic E-state index is 0.574. The smallest absolute Gasteiger partial charge is 0.0178 e. The molecule has 0 atom stereocenters. The molecular weight excluding hydrogens is 182 g/mol. The minimum absolute atomic E-state index is 0.574. The van der Waals surface area contributed by atoms with E-state index in [9.17, 15) is 0 Å². The van der Waals surface area contributed by atoms with Crippen LogP contribution in [0.25, 0.3) is 5.57 Å². The Morgan fingerprint density at radius 1 is 1.47 bits per heavy atom. The van der Waals surface area contributed by atoms with E-state index in [1.807, 2.05) is 31.2 Å². The van der Waals surface area contributed by atoms with Gasteiger partial charge in [0, 0.05) is 6.54 Å². The molecule has 1 heteroatoms. The molecule has 0 bridgehead atoms. The van der Waals surface area contributed by atoms with Crippen LogP contribution in [0.15, 0.2) is 55.1 Å². The summed E-state index contributed by atoms with van der Waals surface area (Å²) in [6, 6.07) is 8.24. The van der Waals surface area contributed by atoms with Crippen LogP contribution in [0.2, 0.25) is 0 Å². The van der Waals surface area contributed by atoms with Crippen LogP contribution in [0.3, 0.4) is 0 Å². The Balaban J connectivity index is 3.11. The molecule has 0 aromatic heterocycles. The fraction of sp³-hybridized carbons (Fsp3) is 0.143. The fourth-order valence-electron chi connectivity index (χ4n) is 1.43. The van der Waals surface area contributed by atoms with Crippen LogP contribution >= 0.6 is 0 Å². The van der Waals surface area contributed by atoms with Crippen molar-refractivity contribution in [3.05, 3.63) is 66.3 Å². The van der Waals surface area contributed by atoms with Crippen molar-refractivity contribution in [1.82, 2.24) is 0 Å². The zero-order chi connectivity index (χ0) is 11.1. The van der Waals surface area contributed by atoms with E-state index < -0.39 is 0 Å². The van der Waals surface area contributed by atoms with E-state index in [0.717, 1.165) is 11.1 Å². The van der Waals surface area contributed by atoms with Gasteiger partial charge in [0.1, 0.15) is 0 Å². The van der Waals surface area contributed by atoms with Gasteiger partial charge in [0.05, 0.1) is 0 Å². The minimum Gasteiger partial charge on any atom is -0.326 e. The lowest BCUT2D eigenvalue weighted by atomic mass is 10.0. The standard InChI is InChI=1S/C14H17N/c1-3-6-13(7-4-2)14-9-5-8-12(10-14)11-15/h3-10H,1,11,15H2,2H3/b7-4-,13-6+. The van der Waals surface area contributed by atoms with Crippen LogP contribution in [0.5, 0.6) is 0 Å². The second-order valence-corrected chi connectivity index (χ2v) is 3.26. The molecule has 0 aliphatic rings. The maximum atomic E-state index is 5.61. The summed E-state index contributed by atoms with van der Waals surface area (Å²) in [5, 5.41) is 0. The Morgan fingerprint density at radius 3 is 2.87 bits per heavy atom. The van der Waals surface area contributed by atoms with Crippen LogP contribution in [0, 0.1) is 0 Å². The second-order valence-electron chi connectivity index (χ2n) is 3.26. The highest BCUT2D eigenvalue weighted by molar-refractivity contribution is 5.75. The van der Waals surface area contributed by atoms with E-state index in [-0.39, 0.29) is 0 Å². The summed E-state index contributed by atoms with van der Waals surface area (Å²) in [5.41, 5.74) is 9.09. The van der Waals surface area contributed by atoms with E-state index in [1.165, 1.54) is 5.56 Å². The first kappa shape index (κ1) is 11.5. The average Bonchev–Trinajstić information content (AvgIpc) is 2.29. The van der Waals surface area contributed by atoms with Crippen molar-refractivity contribution in [2.75, 3.05) is 0 Å². The average molecular weight is 199 g/mol. The summed E-state index contributed by atoms with van der Waals surface area (Å²) in [4.78, 5) is 0. The van der Waals surface area contributed by atoms with Crippen LogP contribution in [-0.4, -0.2) is 0 Å². The molecule has 0 aliphatic heterocycles. The molecule has 1 nitrogen and oxygen atoms in total. The lowest BCUT2D eigenvalue weighted by Gasteiger charge is -2.04. The first-order chi connectivity index (χ1) is 7.31. The van der Waals surface area contributed by atoms with Crippen molar-refractivity contribution >= 4 is 5.57 Å². The molecule has 0 saturated carbocycles. The molecule has 1 rings (SSSR count). The number of hydrogen-bond donors (Lipinski definition) is 1. The van der Waals surface area contributed by atoms with Crippen molar-refractivity contribution in [2.24, 2.45) is 5.73 Å². The maximum Gasteiger partial charge on any atom is 0.0178 e. The van der Waals surface area contributed by atoms with Crippen LogP contribution in [-0.2, 0) is 6.54 Å². The summed E-state index contributed by atoms with van der Waals surface area (Å²) < 4.78 is 0. The Bertz CT molecular complexity index is 386. The Hall–Kier alpha value is -1.60. The van der Waals surface area contributed by atoms with Gasteiger partial charge in [-0.15, -0.1) is 0 Å². The zero-order valence-electron chi connectivity index (χ0n) is 9.11. The SMILES string of the molecule is C=C/C=C(\C=C/C)c1cccc(CN)c1. The topological polar surface area (TPSA) is 26.0 Å². The van der Waals surface area contributed by atoms with Crippen LogP contribution in [0.4, 0.5) is 0 Å². The third-order valence-corrected chi connectivity index (χ3v) is 2.14. The molecular formula is C14H17N. The molecule has 2 N–H and O–H groups in total. The van der Waals surface area contributed by atoms with E-state index >= 15 is 0 Å². The summed E-state index contributed by atoms with van der Waals surface area (Å²) in [6.45, 7) is 6.29. The van der Waals surface area contributed by atoms with E-state index in [4.69, 9.17) is 5.73 Å². The summed E-state index contributed by atoms with van der Waals surface area (Å²) in [5.74, 6) is 0. The maximum absolute atomic E-state index is 5.61. The van der Waals surface area contributed by atoms with Gasteiger partial charge in [0.2, 0.25) is 0 Å². The van der Waals surface area contributed by atoms with Crippen molar-refractivity contribution in [3.8, 4) is 0 Å². The van der Waals surface area contributed by atoms with Gasteiger partial charge in [-0.1, -0.05) is 49.1 Å². The predicted molar refractivity (Wildman–Crippen MR) is 67.3 cm³/mol. The normalized spacial score (nSPS) is 12.0. The molecule has 0 saturated heterocycles. The number of hydrogen-bond acceptors (Lipinski definition) is 1. The first-order valence-corrected chi connectivity index (χ1v) is 5.06. The molecule has 0 aliphatic carbocycles. The number of allylic oxidation sites excluding steroid dienone is 5. The number of benzene rings is 1. The predicted octanol–water partition coefficient (Wildman–Crippen LogP) is 3.29. The zero-order valence-corrected chi connectivity index (χ0v) is 9.11. The molecule has 0 spiro atoms. The Labute approximate surface area is 91.6 Å². The van der Waals surface area contributed by atoms with E-state index in [0.29, 0.717) is 6.54 Å². The lowest BCUT2D eigenvalue weighted by Crippen LogP contribution is -1.96. The van der Waals surface area contributed by atoms with Crippen LogP contribution in [0.1, 0.15) is 18.1 Å². The molecule has 15 heavy (non-hydrogen) atoms. The summed E-state index contributed by atoms with van der Waals surface area (Å²) in [6.07, 6.45) is 7.88. The van der Waals surface area contributed by atoms with E-state index in [2.05, 4.69) is 24.8 Å². The van der Waals surface area contributed by atoms with Gasteiger partial charge < -0.3 is 5.73 Å². The highest BCUT2D eigenvalue weighted by atomic mass is 14.5. The third kappa shape index (κ3) is 3.22. The largest absolute Gasteiger partial charge is 0.326 e. The van der Waals surface area contributed by atoms with Gasteiger partial charge >= 0.3 is 0 Å². The highest BCUT2D eigenvalue weighted by Gasteiger charge is 1.97. The molecule has 0 radical (unpaired) electrons. The Kier molecular flexibility index (Phi) is 4.58. The molecule has 0 heterocycles. The van der Waals surface area contributed by atoms with Gasteiger partial charge in [0.15, 0.2) is 0 Å². The monoisotopic (exact) mass is 199 g/mol. The molecule has 0 amide bonds. The van der Waals surface area contributed by atoms with Crippen molar-refractivity contribution in [2.45, 2.75) is 13.5 Å². The van der Waals surface area contributed by atoms with Crippen LogP contribution < -0.4 is 5.73 Å². The molecule has 1 aromatic carbocycles. The molecule has 78 valence electrons. The fourth-order valence-corrected chi connectivity index (χ4v) is 1.43. The van der Waals surface area contributed by atoms with Crippen molar-refractivity contribution < 1.29 is 0 Å². The van der Waals surface area contributed by atoms with E-state index in [1.54, 1.807) is 6.08 Å².